The minimum Gasteiger partial charge on any atom is -0.496 e. The van der Waals surface area contributed by atoms with Crippen molar-refractivity contribution >= 4 is 5.69 Å². The molecule has 0 amide bonds. The highest BCUT2D eigenvalue weighted by molar-refractivity contribution is 5.43. The summed E-state index contributed by atoms with van der Waals surface area (Å²) in [6, 6.07) is 4.75. The average Bonchev–Trinajstić information content (AvgIpc) is 2.85. The van der Waals surface area contributed by atoms with Crippen molar-refractivity contribution < 1.29 is 14.8 Å². The summed E-state index contributed by atoms with van der Waals surface area (Å²) in [5, 5.41) is 20.1. The Kier molecular flexibility index (Phi) is 4.34. The SMILES string of the molecule is COc1ccc([N+](=O)[O-])cc1CN1CCC[C@H]1CO. The lowest BCUT2D eigenvalue weighted by atomic mass is 10.1. The van der Waals surface area contributed by atoms with Gasteiger partial charge in [-0.05, 0) is 25.5 Å². The van der Waals surface area contributed by atoms with E-state index in [9.17, 15) is 15.2 Å². The maximum atomic E-state index is 10.8. The number of nitrogens with zero attached hydrogens (tertiary/aromatic N) is 2. The zero-order valence-corrected chi connectivity index (χ0v) is 10.9. The van der Waals surface area contributed by atoms with E-state index in [-0.39, 0.29) is 18.3 Å². The predicted octanol–water partition coefficient (Wildman–Crippen LogP) is 1.56. The van der Waals surface area contributed by atoms with Crippen molar-refractivity contribution in [3.8, 4) is 5.75 Å². The Morgan fingerprint density at radius 2 is 2.37 bits per heavy atom. The fourth-order valence-corrected chi connectivity index (χ4v) is 2.53. The third-order valence-corrected chi connectivity index (χ3v) is 3.56. The standard InChI is InChI=1S/C13H18N2O4/c1-19-13-5-4-11(15(17)18)7-10(13)8-14-6-2-3-12(14)9-16/h4-5,7,12,16H,2-3,6,8-9H2,1H3/t12-/m0/s1. The molecule has 1 heterocycles. The summed E-state index contributed by atoms with van der Waals surface area (Å²) in [6.45, 7) is 1.59. The summed E-state index contributed by atoms with van der Waals surface area (Å²) < 4.78 is 5.25. The first-order chi connectivity index (χ1) is 9.15. The Morgan fingerprint density at radius 3 is 3.00 bits per heavy atom. The quantitative estimate of drug-likeness (QED) is 0.646. The number of methoxy groups -OCH3 is 1. The molecule has 1 aromatic rings. The van der Waals surface area contributed by atoms with Gasteiger partial charge in [0.05, 0.1) is 18.6 Å². The molecule has 1 atom stereocenters. The molecule has 0 saturated carbocycles. The number of hydrogen-bond donors (Lipinski definition) is 1. The monoisotopic (exact) mass is 266 g/mol. The maximum absolute atomic E-state index is 10.8. The van der Waals surface area contributed by atoms with Crippen molar-refractivity contribution in [3.63, 3.8) is 0 Å². The topological polar surface area (TPSA) is 75.8 Å². The van der Waals surface area contributed by atoms with Crippen LogP contribution in [0.5, 0.6) is 5.75 Å². The fraction of sp³-hybridized carbons (Fsp3) is 0.538. The molecule has 1 fully saturated rings. The predicted molar refractivity (Wildman–Crippen MR) is 70.2 cm³/mol. The normalized spacial score (nSPS) is 19.6. The van der Waals surface area contributed by atoms with E-state index < -0.39 is 4.92 Å². The highest BCUT2D eigenvalue weighted by Gasteiger charge is 2.25. The van der Waals surface area contributed by atoms with Crippen molar-refractivity contribution in [2.75, 3.05) is 20.3 Å². The van der Waals surface area contributed by atoms with E-state index in [1.54, 1.807) is 19.2 Å². The van der Waals surface area contributed by atoms with E-state index in [2.05, 4.69) is 4.90 Å². The van der Waals surface area contributed by atoms with E-state index in [0.29, 0.717) is 12.3 Å². The van der Waals surface area contributed by atoms with Crippen LogP contribution in [0.1, 0.15) is 18.4 Å². The smallest absolute Gasteiger partial charge is 0.270 e. The van der Waals surface area contributed by atoms with Crippen LogP contribution in [0.15, 0.2) is 18.2 Å². The highest BCUT2D eigenvalue weighted by Crippen LogP contribution is 2.28. The van der Waals surface area contributed by atoms with Crippen LogP contribution in [0, 0.1) is 10.1 Å². The van der Waals surface area contributed by atoms with Crippen molar-refractivity contribution in [1.29, 1.82) is 0 Å². The largest absolute Gasteiger partial charge is 0.496 e. The van der Waals surface area contributed by atoms with E-state index in [0.717, 1.165) is 24.9 Å². The zero-order chi connectivity index (χ0) is 13.8. The van der Waals surface area contributed by atoms with Crippen LogP contribution in [-0.4, -0.2) is 41.2 Å². The van der Waals surface area contributed by atoms with Gasteiger partial charge in [-0.3, -0.25) is 15.0 Å². The third-order valence-electron chi connectivity index (χ3n) is 3.56. The van der Waals surface area contributed by atoms with E-state index in [1.165, 1.54) is 6.07 Å². The number of likely N-dealkylation sites (tertiary alicyclic amines) is 1. The summed E-state index contributed by atoms with van der Waals surface area (Å²) in [5.41, 5.74) is 0.854. The lowest BCUT2D eigenvalue weighted by molar-refractivity contribution is -0.385. The highest BCUT2D eigenvalue weighted by atomic mass is 16.6. The second-order valence-electron chi connectivity index (χ2n) is 4.70. The minimum absolute atomic E-state index is 0.0653. The molecule has 1 aromatic carbocycles. The van der Waals surface area contributed by atoms with E-state index in [4.69, 9.17) is 4.74 Å². The van der Waals surface area contributed by atoms with Gasteiger partial charge in [0.2, 0.25) is 0 Å². The van der Waals surface area contributed by atoms with Gasteiger partial charge in [-0.2, -0.15) is 0 Å². The first kappa shape index (κ1) is 13.8. The number of nitro groups is 1. The van der Waals surface area contributed by atoms with Gasteiger partial charge in [0.25, 0.3) is 5.69 Å². The molecule has 0 aliphatic carbocycles. The summed E-state index contributed by atoms with van der Waals surface area (Å²) >= 11 is 0. The molecule has 0 bridgehead atoms. The van der Waals surface area contributed by atoms with Gasteiger partial charge >= 0.3 is 0 Å². The van der Waals surface area contributed by atoms with E-state index >= 15 is 0 Å². The zero-order valence-electron chi connectivity index (χ0n) is 10.9. The first-order valence-corrected chi connectivity index (χ1v) is 6.32. The molecule has 6 nitrogen and oxygen atoms in total. The van der Waals surface area contributed by atoms with Gasteiger partial charge in [0, 0.05) is 30.3 Å². The molecule has 1 N–H and O–H groups in total. The molecule has 104 valence electrons. The van der Waals surface area contributed by atoms with Crippen LogP contribution in [-0.2, 0) is 6.54 Å². The van der Waals surface area contributed by atoms with Gasteiger partial charge in [-0.15, -0.1) is 0 Å². The molecule has 6 heteroatoms. The van der Waals surface area contributed by atoms with Gasteiger partial charge in [0.15, 0.2) is 0 Å². The molecule has 1 aliphatic heterocycles. The number of non-ortho nitro benzene ring substituents is 1. The van der Waals surface area contributed by atoms with Crippen LogP contribution in [0.4, 0.5) is 5.69 Å². The minimum atomic E-state index is -0.406. The molecule has 0 spiro atoms. The van der Waals surface area contributed by atoms with Gasteiger partial charge < -0.3 is 9.84 Å². The van der Waals surface area contributed by atoms with Crippen LogP contribution in [0.2, 0.25) is 0 Å². The van der Waals surface area contributed by atoms with Crippen LogP contribution < -0.4 is 4.74 Å². The van der Waals surface area contributed by atoms with Crippen LogP contribution >= 0.6 is 0 Å². The van der Waals surface area contributed by atoms with Gasteiger partial charge in [-0.25, -0.2) is 0 Å². The molecular weight excluding hydrogens is 248 g/mol. The Labute approximate surface area is 111 Å². The van der Waals surface area contributed by atoms with E-state index in [1.807, 2.05) is 0 Å². The van der Waals surface area contributed by atoms with Crippen LogP contribution in [0.3, 0.4) is 0 Å². The molecule has 0 radical (unpaired) electrons. The van der Waals surface area contributed by atoms with Crippen molar-refractivity contribution in [2.24, 2.45) is 0 Å². The molecule has 0 aromatic heterocycles. The maximum Gasteiger partial charge on any atom is 0.270 e. The second-order valence-corrected chi connectivity index (χ2v) is 4.70. The Hall–Kier alpha value is -1.66. The molecule has 2 rings (SSSR count). The first-order valence-electron chi connectivity index (χ1n) is 6.32. The Balaban J connectivity index is 2.22. The summed E-state index contributed by atoms with van der Waals surface area (Å²) in [5.74, 6) is 0.647. The lowest BCUT2D eigenvalue weighted by Crippen LogP contribution is -2.31. The number of rotatable bonds is 5. The number of hydrogen-bond acceptors (Lipinski definition) is 5. The fourth-order valence-electron chi connectivity index (χ4n) is 2.53. The third kappa shape index (κ3) is 3.02. The summed E-state index contributed by atoms with van der Waals surface area (Å²) in [6.07, 6.45) is 2.01. The Bertz CT molecular complexity index is 464. The molecule has 19 heavy (non-hydrogen) atoms. The van der Waals surface area contributed by atoms with Gasteiger partial charge in [-0.1, -0.05) is 0 Å². The number of nitro benzene ring substituents is 1. The molecule has 1 saturated heterocycles. The molecular formula is C13H18N2O4. The second kappa shape index (κ2) is 5.99. The lowest BCUT2D eigenvalue weighted by Gasteiger charge is -2.23. The Morgan fingerprint density at radius 1 is 1.58 bits per heavy atom. The number of aliphatic hydroxyl groups is 1. The van der Waals surface area contributed by atoms with Crippen molar-refractivity contribution in [2.45, 2.75) is 25.4 Å². The van der Waals surface area contributed by atoms with Crippen LogP contribution in [0.25, 0.3) is 0 Å². The summed E-state index contributed by atoms with van der Waals surface area (Å²) in [7, 11) is 1.55. The average molecular weight is 266 g/mol. The number of ether oxygens (including phenoxy) is 1. The van der Waals surface area contributed by atoms with Gasteiger partial charge in [0.1, 0.15) is 5.75 Å². The van der Waals surface area contributed by atoms with Crippen molar-refractivity contribution in [3.05, 3.63) is 33.9 Å². The van der Waals surface area contributed by atoms with Crippen molar-refractivity contribution in [1.82, 2.24) is 4.90 Å². The molecule has 0 unspecified atom stereocenters. The number of benzene rings is 1. The molecule has 1 aliphatic rings. The summed E-state index contributed by atoms with van der Waals surface area (Å²) in [4.78, 5) is 12.6. The number of aliphatic hydroxyl groups excluding tert-OH is 1.